The van der Waals surface area contributed by atoms with Crippen molar-refractivity contribution in [3.8, 4) is 0 Å². The quantitative estimate of drug-likeness (QED) is 0.402. The van der Waals surface area contributed by atoms with Crippen molar-refractivity contribution in [2.24, 2.45) is 0 Å². The van der Waals surface area contributed by atoms with E-state index in [1.165, 1.54) is 24.3 Å². The fourth-order valence-corrected chi connectivity index (χ4v) is 5.83. The number of carbonyl (C=O) groups is 2. The number of alkyl halides is 3. The molecule has 3 aromatic rings. The molecule has 0 saturated carbocycles. The summed E-state index contributed by atoms with van der Waals surface area (Å²) < 4.78 is 67.9. The second kappa shape index (κ2) is 10.7. The third-order valence-corrected chi connectivity index (χ3v) is 8.11. The lowest BCUT2D eigenvalue weighted by Gasteiger charge is -2.26. The van der Waals surface area contributed by atoms with E-state index in [4.69, 9.17) is 11.6 Å². The van der Waals surface area contributed by atoms with Gasteiger partial charge in [-0.05, 0) is 61.4 Å². The van der Waals surface area contributed by atoms with Gasteiger partial charge in [-0.25, -0.2) is 8.42 Å². The van der Waals surface area contributed by atoms with E-state index in [0.717, 1.165) is 17.7 Å². The minimum Gasteiger partial charge on any atom is -0.324 e. The molecule has 3 aromatic carbocycles. The van der Waals surface area contributed by atoms with E-state index in [1.54, 1.807) is 29.2 Å². The SMILES string of the molecule is Cc1ccc(NC(=O)CN(c2cc(C(F)(F)F)ccc2Cl)S(=O)(=O)c2ccccc2)cc1N1CCCC1=O. The van der Waals surface area contributed by atoms with E-state index in [1.807, 2.05) is 6.92 Å². The fourth-order valence-electron chi connectivity index (χ4n) is 4.11. The zero-order valence-corrected chi connectivity index (χ0v) is 21.7. The van der Waals surface area contributed by atoms with Gasteiger partial charge < -0.3 is 10.2 Å². The van der Waals surface area contributed by atoms with E-state index >= 15 is 0 Å². The van der Waals surface area contributed by atoms with Crippen molar-refractivity contribution in [3.05, 3.63) is 82.9 Å². The molecule has 2 amide bonds. The van der Waals surface area contributed by atoms with Crippen LogP contribution in [0.2, 0.25) is 5.02 Å². The highest BCUT2D eigenvalue weighted by atomic mass is 35.5. The van der Waals surface area contributed by atoms with Crippen molar-refractivity contribution < 1.29 is 31.2 Å². The summed E-state index contributed by atoms with van der Waals surface area (Å²) >= 11 is 6.16. The van der Waals surface area contributed by atoms with Crippen LogP contribution < -0.4 is 14.5 Å². The van der Waals surface area contributed by atoms with Gasteiger partial charge in [-0.2, -0.15) is 13.2 Å². The molecule has 1 aliphatic heterocycles. The Morgan fingerprint density at radius 2 is 1.79 bits per heavy atom. The molecular formula is C26H23ClF3N3O4S. The van der Waals surface area contributed by atoms with Crippen molar-refractivity contribution in [2.45, 2.75) is 30.8 Å². The van der Waals surface area contributed by atoms with Gasteiger partial charge in [0.2, 0.25) is 11.8 Å². The molecule has 7 nitrogen and oxygen atoms in total. The number of halogens is 4. The van der Waals surface area contributed by atoms with Crippen molar-refractivity contribution in [3.63, 3.8) is 0 Å². The molecule has 0 atom stereocenters. The van der Waals surface area contributed by atoms with E-state index in [2.05, 4.69) is 5.32 Å². The predicted octanol–water partition coefficient (Wildman–Crippen LogP) is 5.63. The number of carbonyl (C=O) groups excluding carboxylic acids is 2. The summed E-state index contributed by atoms with van der Waals surface area (Å²) in [6.07, 6.45) is -3.64. The molecule has 0 bridgehead atoms. The normalized spacial score (nSPS) is 14.0. The summed E-state index contributed by atoms with van der Waals surface area (Å²) in [4.78, 5) is 26.7. The molecule has 0 aromatic heterocycles. The van der Waals surface area contributed by atoms with Gasteiger partial charge in [0.25, 0.3) is 10.0 Å². The first kappa shape index (κ1) is 27.5. The second-order valence-corrected chi connectivity index (χ2v) is 11.0. The van der Waals surface area contributed by atoms with Crippen LogP contribution in [0.25, 0.3) is 0 Å². The molecule has 1 aliphatic rings. The van der Waals surface area contributed by atoms with Crippen LogP contribution in [0.4, 0.5) is 30.2 Å². The van der Waals surface area contributed by atoms with Crippen molar-refractivity contribution in [1.82, 2.24) is 0 Å². The first-order valence-electron chi connectivity index (χ1n) is 11.5. The maximum atomic E-state index is 13.5. The molecule has 0 radical (unpaired) electrons. The monoisotopic (exact) mass is 565 g/mol. The third kappa shape index (κ3) is 5.78. The van der Waals surface area contributed by atoms with Gasteiger partial charge in [-0.1, -0.05) is 35.9 Å². The maximum Gasteiger partial charge on any atom is 0.416 e. The van der Waals surface area contributed by atoms with Crippen LogP contribution in [-0.4, -0.2) is 33.3 Å². The van der Waals surface area contributed by atoms with Crippen molar-refractivity contribution in [2.75, 3.05) is 27.6 Å². The number of hydrogen-bond donors (Lipinski definition) is 1. The first-order chi connectivity index (χ1) is 17.9. The summed E-state index contributed by atoms with van der Waals surface area (Å²) in [5.74, 6) is -0.864. The Morgan fingerprint density at radius 1 is 1.08 bits per heavy atom. The lowest BCUT2D eigenvalue weighted by molar-refractivity contribution is -0.137. The van der Waals surface area contributed by atoms with Gasteiger partial charge in [-0.15, -0.1) is 0 Å². The van der Waals surface area contributed by atoms with E-state index in [0.29, 0.717) is 41.1 Å². The summed E-state index contributed by atoms with van der Waals surface area (Å²) in [6.45, 7) is 1.49. The van der Waals surface area contributed by atoms with Gasteiger partial charge in [0.05, 0.1) is 21.2 Å². The highest BCUT2D eigenvalue weighted by Crippen LogP contribution is 2.37. The highest BCUT2D eigenvalue weighted by molar-refractivity contribution is 7.92. The minimum atomic E-state index is -4.77. The van der Waals surface area contributed by atoms with E-state index in [9.17, 15) is 31.2 Å². The Labute approximate surface area is 222 Å². The molecule has 0 aliphatic carbocycles. The molecule has 1 fully saturated rings. The number of anilines is 3. The maximum absolute atomic E-state index is 13.5. The number of sulfonamides is 1. The highest BCUT2D eigenvalue weighted by Gasteiger charge is 2.34. The van der Waals surface area contributed by atoms with Crippen molar-refractivity contribution >= 4 is 50.5 Å². The molecule has 200 valence electrons. The smallest absolute Gasteiger partial charge is 0.324 e. The predicted molar refractivity (Wildman–Crippen MR) is 139 cm³/mol. The fraction of sp³-hybridized carbons (Fsp3) is 0.231. The second-order valence-electron chi connectivity index (χ2n) is 8.69. The standard InChI is InChI=1S/C26H23ClF3N3O4S/c1-17-9-11-19(15-22(17)32-13-5-8-25(32)35)31-24(34)16-33(38(36,37)20-6-3-2-4-7-20)23-14-18(26(28,29)30)10-12-21(23)27/h2-4,6-7,9-12,14-15H,5,8,13,16H2,1H3,(H,31,34). The van der Waals surface area contributed by atoms with Gasteiger partial charge in [0.15, 0.2) is 0 Å². The van der Waals surface area contributed by atoms with Gasteiger partial charge in [0, 0.05) is 24.3 Å². The number of aryl methyl sites for hydroxylation is 1. The van der Waals surface area contributed by atoms with Crippen LogP contribution in [0, 0.1) is 6.92 Å². The van der Waals surface area contributed by atoms with Crippen LogP contribution in [0.3, 0.4) is 0 Å². The van der Waals surface area contributed by atoms with E-state index < -0.39 is 39.9 Å². The Kier molecular flexibility index (Phi) is 7.70. The average Bonchev–Trinajstić information content (AvgIpc) is 3.29. The lowest BCUT2D eigenvalue weighted by Crippen LogP contribution is -2.38. The zero-order valence-electron chi connectivity index (χ0n) is 20.1. The Balaban J connectivity index is 1.69. The Bertz CT molecular complexity index is 1480. The number of rotatable bonds is 7. The topological polar surface area (TPSA) is 86.8 Å². The number of nitrogens with one attached hydrogen (secondary N) is 1. The Hall–Kier alpha value is -3.57. The average molecular weight is 566 g/mol. The molecule has 0 spiro atoms. The molecule has 0 unspecified atom stereocenters. The summed E-state index contributed by atoms with van der Waals surface area (Å²) in [6, 6.07) is 14.2. The molecule has 1 N–H and O–H groups in total. The zero-order chi connectivity index (χ0) is 27.7. The molecule has 4 rings (SSSR count). The number of amides is 2. The Morgan fingerprint density at radius 3 is 2.42 bits per heavy atom. The van der Waals surface area contributed by atoms with Gasteiger partial charge >= 0.3 is 6.18 Å². The summed E-state index contributed by atoms with van der Waals surface area (Å²) in [7, 11) is -4.49. The minimum absolute atomic E-state index is 0.0455. The van der Waals surface area contributed by atoms with Crippen molar-refractivity contribution in [1.29, 1.82) is 0 Å². The number of hydrogen-bond acceptors (Lipinski definition) is 4. The molecule has 1 saturated heterocycles. The third-order valence-electron chi connectivity index (χ3n) is 6.02. The van der Waals surface area contributed by atoms with Gasteiger partial charge in [0.1, 0.15) is 6.54 Å². The van der Waals surface area contributed by atoms with Crippen LogP contribution in [0.5, 0.6) is 0 Å². The van der Waals surface area contributed by atoms with Crippen LogP contribution in [0.1, 0.15) is 24.0 Å². The molecule has 12 heteroatoms. The summed E-state index contributed by atoms with van der Waals surface area (Å²) in [5.41, 5.74) is 0.0987. The number of benzene rings is 3. The molecule has 38 heavy (non-hydrogen) atoms. The molecule has 1 heterocycles. The van der Waals surface area contributed by atoms with Crippen LogP contribution >= 0.6 is 11.6 Å². The van der Waals surface area contributed by atoms with Crippen LogP contribution in [-0.2, 0) is 25.8 Å². The van der Waals surface area contributed by atoms with Crippen LogP contribution in [0.15, 0.2) is 71.6 Å². The first-order valence-corrected chi connectivity index (χ1v) is 13.3. The van der Waals surface area contributed by atoms with E-state index in [-0.39, 0.29) is 15.8 Å². The summed E-state index contributed by atoms with van der Waals surface area (Å²) in [5, 5.41) is 2.31. The molecular weight excluding hydrogens is 543 g/mol. The number of nitrogens with zero attached hydrogens (tertiary/aromatic N) is 2. The largest absolute Gasteiger partial charge is 0.416 e. The van der Waals surface area contributed by atoms with Gasteiger partial charge in [-0.3, -0.25) is 13.9 Å². The lowest BCUT2D eigenvalue weighted by atomic mass is 10.1.